The van der Waals surface area contributed by atoms with Crippen LogP contribution in [0, 0.1) is 17.7 Å². The van der Waals surface area contributed by atoms with Gasteiger partial charge in [0.25, 0.3) is 0 Å². The first-order valence-corrected chi connectivity index (χ1v) is 13.3. The van der Waals surface area contributed by atoms with E-state index in [0.29, 0.717) is 36.0 Å². The lowest BCUT2D eigenvalue weighted by Gasteiger charge is -2.29. The van der Waals surface area contributed by atoms with Crippen LogP contribution in [0.15, 0.2) is 53.0 Å². The van der Waals surface area contributed by atoms with E-state index < -0.39 is 35.6 Å². The summed E-state index contributed by atoms with van der Waals surface area (Å²) in [6, 6.07) is 13.7. The number of likely N-dealkylation sites (tertiary alicyclic amines) is 1. The second-order valence-electron chi connectivity index (χ2n) is 10.7. The van der Waals surface area contributed by atoms with Crippen LogP contribution in [0.2, 0.25) is 0 Å². The van der Waals surface area contributed by atoms with E-state index in [-0.39, 0.29) is 24.9 Å². The number of imide groups is 1. The molecule has 9 heteroatoms. The van der Waals surface area contributed by atoms with E-state index in [2.05, 4.69) is 15.9 Å². The zero-order chi connectivity index (χ0) is 26.7. The molecule has 3 unspecified atom stereocenters. The molecule has 0 bridgehead atoms. The molecule has 0 aromatic heterocycles. The number of hydrogen-bond acceptors (Lipinski definition) is 5. The van der Waals surface area contributed by atoms with Crippen molar-refractivity contribution in [2.45, 2.75) is 51.7 Å². The first-order chi connectivity index (χ1) is 17.5. The molecule has 0 spiro atoms. The monoisotopic (exact) mass is 574 g/mol. The Bertz CT molecular complexity index is 1130. The van der Waals surface area contributed by atoms with Crippen molar-refractivity contribution in [1.29, 1.82) is 0 Å². The van der Waals surface area contributed by atoms with Gasteiger partial charge in [-0.25, -0.2) is 18.9 Å². The van der Waals surface area contributed by atoms with Crippen molar-refractivity contribution in [2.75, 3.05) is 19.7 Å². The second-order valence-corrected chi connectivity index (χ2v) is 11.6. The summed E-state index contributed by atoms with van der Waals surface area (Å²) in [6.45, 7) is 6.28. The van der Waals surface area contributed by atoms with Gasteiger partial charge in [0.1, 0.15) is 18.0 Å². The molecule has 2 saturated heterocycles. The Balaban J connectivity index is 1.59. The average molecular weight is 575 g/mol. The molecule has 0 radical (unpaired) electrons. The molecule has 2 aliphatic rings. The van der Waals surface area contributed by atoms with Crippen LogP contribution in [-0.4, -0.2) is 59.2 Å². The van der Waals surface area contributed by atoms with Gasteiger partial charge in [0.2, 0.25) is 5.91 Å². The van der Waals surface area contributed by atoms with Crippen molar-refractivity contribution < 1.29 is 28.2 Å². The minimum atomic E-state index is -0.668. The van der Waals surface area contributed by atoms with Crippen molar-refractivity contribution in [3.8, 4) is 0 Å². The maximum atomic E-state index is 14.2. The highest BCUT2D eigenvalue weighted by Crippen LogP contribution is 2.33. The third-order valence-corrected chi connectivity index (χ3v) is 7.11. The number of rotatable bonds is 6. The fraction of sp³-hybridized carbons (Fsp3) is 0.464. The average Bonchev–Trinajstić information content (AvgIpc) is 3.43. The van der Waals surface area contributed by atoms with Crippen molar-refractivity contribution in [3.05, 3.63) is 69.9 Å². The van der Waals surface area contributed by atoms with Gasteiger partial charge in [0, 0.05) is 23.5 Å². The topological polar surface area (TPSA) is 76.2 Å². The lowest BCUT2D eigenvalue weighted by molar-refractivity contribution is -0.135. The molecule has 4 rings (SSSR count). The fourth-order valence-corrected chi connectivity index (χ4v) is 5.50. The molecule has 2 aromatic rings. The number of benzene rings is 2. The summed E-state index contributed by atoms with van der Waals surface area (Å²) < 4.78 is 25.6. The van der Waals surface area contributed by atoms with Gasteiger partial charge in [-0.2, -0.15) is 0 Å². The number of ether oxygens (including phenoxy) is 2. The van der Waals surface area contributed by atoms with Gasteiger partial charge in [-0.3, -0.25) is 4.79 Å². The summed E-state index contributed by atoms with van der Waals surface area (Å²) in [6.07, 6.45) is 0.170. The predicted octanol–water partition coefficient (Wildman–Crippen LogP) is 5.59. The van der Waals surface area contributed by atoms with Crippen LogP contribution < -0.4 is 0 Å². The van der Waals surface area contributed by atoms with Gasteiger partial charge in [-0.15, -0.1) is 0 Å². The molecule has 2 aromatic carbocycles. The van der Waals surface area contributed by atoms with Crippen molar-refractivity contribution in [2.24, 2.45) is 11.8 Å². The van der Waals surface area contributed by atoms with Crippen LogP contribution in [0.25, 0.3) is 0 Å². The van der Waals surface area contributed by atoms with Gasteiger partial charge in [-0.1, -0.05) is 46.3 Å². The van der Waals surface area contributed by atoms with E-state index in [1.807, 2.05) is 30.3 Å². The van der Waals surface area contributed by atoms with Crippen LogP contribution in [0.1, 0.15) is 38.3 Å². The first-order valence-electron chi connectivity index (χ1n) is 12.5. The Hall–Kier alpha value is -2.94. The molecule has 3 amide bonds. The number of hydrogen-bond donors (Lipinski definition) is 0. The number of carbonyl (C=O) groups excluding carboxylic acids is 3. The summed E-state index contributed by atoms with van der Waals surface area (Å²) in [4.78, 5) is 42.3. The summed E-state index contributed by atoms with van der Waals surface area (Å²) in [5.41, 5.74) is 0.988. The second kappa shape index (κ2) is 11.2. The van der Waals surface area contributed by atoms with Gasteiger partial charge in [-0.05, 0) is 75.3 Å². The number of amides is 3. The van der Waals surface area contributed by atoms with E-state index in [9.17, 15) is 18.8 Å². The highest BCUT2D eigenvalue weighted by atomic mass is 79.9. The standard InChI is InChI=1S/C28H32BrFN2O5/c1-28(2,3)37-26(34)31-10-9-20(16-31)24(14-19-11-21(29)15-22(30)12-19)25(33)32-23(17-36-27(32)35)13-18-7-5-4-6-8-18/h4-8,11-12,15,20,23-24H,9-10,13-14,16-17H2,1-3H3. The predicted molar refractivity (Wildman–Crippen MR) is 139 cm³/mol. The van der Waals surface area contributed by atoms with Crippen LogP contribution >= 0.6 is 15.9 Å². The highest BCUT2D eigenvalue weighted by molar-refractivity contribution is 9.10. The molecule has 2 aliphatic heterocycles. The number of cyclic esters (lactones) is 1. The molecule has 2 fully saturated rings. The van der Waals surface area contributed by atoms with Gasteiger partial charge >= 0.3 is 12.2 Å². The van der Waals surface area contributed by atoms with E-state index in [4.69, 9.17) is 9.47 Å². The highest BCUT2D eigenvalue weighted by Gasteiger charge is 2.45. The first kappa shape index (κ1) is 27.1. The normalized spacial score (nSPS) is 20.6. The molecular formula is C28H32BrFN2O5. The van der Waals surface area contributed by atoms with Gasteiger partial charge in [0.05, 0.1) is 6.04 Å². The van der Waals surface area contributed by atoms with Crippen LogP contribution in [-0.2, 0) is 27.1 Å². The lowest BCUT2D eigenvalue weighted by Crippen LogP contribution is -2.46. The molecule has 37 heavy (non-hydrogen) atoms. The molecule has 7 nitrogen and oxygen atoms in total. The number of halogens is 2. The maximum absolute atomic E-state index is 14.2. The fourth-order valence-electron chi connectivity index (χ4n) is 4.99. The van der Waals surface area contributed by atoms with Crippen LogP contribution in [0.4, 0.5) is 14.0 Å². The molecular weight excluding hydrogens is 543 g/mol. The third-order valence-electron chi connectivity index (χ3n) is 6.65. The molecule has 0 saturated carbocycles. The van der Waals surface area contributed by atoms with Crippen molar-refractivity contribution >= 4 is 34.0 Å². The van der Waals surface area contributed by atoms with Crippen LogP contribution in [0.3, 0.4) is 0 Å². The zero-order valence-corrected chi connectivity index (χ0v) is 22.9. The summed E-state index contributed by atoms with van der Waals surface area (Å²) in [5.74, 6) is -1.65. The molecule has 0 N–H and O–H groups in total. The van der Waals surface area contributed by atoms with E-state index in [1.54, 1.807) is 31.7 Å². The number of nitrogens with zero attached hydrogens (tertiary/aromatic N) is 2. The van der Waals surface area contributed by atoms with Crippen LogP contribution in [0.5, 0.6) is 0 Å². The molecule has 3 atom stereocenters. The summed E-state index contributed by atoms with van der Waals surface area (Å²) in [7, 11) is 0. The SMILES string of the molecule is CC(C)(C)OC(=O)N1CCC(C(Cc2cc(F)cc(Br)c2)C(=O)N2C(=O)OCC2Cc2ccccc2)C1. The Morgan fingerprint density at radius 3 is 2.57 bits per heavy atom. The van der Waals surface area contributed by atoms with Crippen molar-refractivity contribution in [1.82, 2.24) is 9.80 Å². The lowest BCUT2D eigenvalue weighted by atomic mass is 9.84. The molecule has 198 valence electrons. The Kier molecular flexibility index (Phi) is 8.21. The van der Waals surface area contributed by atoms with E-state index >= 15 is 0 Å². The maximum Gasteiger partial charge on any atom is 0.416 e. The number of carbonyl (C=O) groups is 3. The minimum Gasteiger partial charge on any atom is -0.447 e. The van der Waals surface area contributed by atoms with Gasteiger partial charge in [0.15, 0.2) is 0 Å². The Labute approximate surface area is 225 Å². The third kappa shape index (κ3) is 6.89. The molecule has 0 aliphatic carbocycles. The minimum absolute atomic E-state index is 0.117. The van der Waals surface area contributed by atoms with Crippen molar-refractivity contribution in [3.63, 3.8) is 0 Å². The Morgan fingerprint density at radius 2 is 1.89 bits per heavy atom. The van der Waals surface area contributed by atoms with Gasteiger partial charge < -0.3 is 14.4 Å². The summed E-state index contributed by atoms with van der Waals surface area (Å²) in [5, 5.41) is 0. The smallest absolute Gasteiger partial charge is 0.416 e. The zero-order valence-electron chi connectivity index (χ0n) is 21.3. The molecule has 2 heterocycles. The summed E-state index contributed by atoms with van der Waals surface area (Å²) >= 11 is 3.32. The quantitative estimate of drug-likeness (QED) is 0.449. The van der Waals surface area contributed by atoms with E-state index in [1.165, 1.54) is 17.0 Å². The largest absolute Gasteiger partial charge is 0.447 e. The Morgan fingerprint density at radius 1 is 1.16 bits per heavy atom. The van der Waals surface area contributed by atoms with E-state index in [0.717, 1.165) is 5.56 Å².